The molecule has 0 saturated carbocycles. The second kappa shape index (κ2) is 20.7. The highest BCUT2D eigenvalue weighted by Crippen LogP contribution is 2.38. The zero-order chi connectivity index (χ0) is 52.3. The van der Waals surface area contributed by atoms with Gasteiger partial charge in [0.15, 0.2) is 36.8 Å². The number of hydrogen-bond acceptors (Lipinski definition) is 18. The minimum absolute atomic E-state index is 0.362. The van der Waals surface area contributed by atoms with Crippen LogP contribution in [0.4, 0.5) is 79.0 Å². The lowest BCUT2D eigenvalue weighted by Crippen LogP contribution is -2.66. The molecular weight excluding hydrogens is 1010 g/mol. The lowest BCUT2D eigenvalue weighted by molar-refractivity contribution is -0.334. The second-order valence-electron chi connectivity index (χ2n) is 12.9. The Morgan fingerprint density at radius 3 is 1.21 bits per heavy atom. The van der Waals surface area contributed by atoms with Crippen LogP contribution in [0.1, 0.15) is 17.3 Å². The number of esters is 7. The Labute approximate surface area is 361 Å². The summed E-state index contributed by atoms with van der Waals surface area (Å²) in [6.45, 7) is -1.82. The minimum atomic E-state index is -6.34. The Balaban J connectivity index is 2.34. The van der Waals surface area contributed by atoms with Crippen molar-refractivity contribution in [1.82, 2.24) is 0 Å². The van der Waals surface area contributed by atoms with Gasteiger partial charge >= 0.3 is 78.8 Å². The Morgan fingerprint density at radius 1 is 0.471 bits per heavy atom. The topological polar surface area (TPSA) is 221 Å². The van der Waals surface area contributed by atoms with Crippen molar-refractivity contribution in [3.8, 4) is 5.75 Å². The summed E-state index contributed by atoms with van der Waals surface area (Å²) in [5.74, 6) is -23.8. The van der Waals surface area contributed by atoms with Crippen molar-refractivity contribution in [3.05, 3.63) is 29.8 Å². The minimum Gasteiger partial charge on any atom is -0.465 e. The molecule has 2 fully saturated rings. The molecule has 1 aromatic carbocycles. The fraction of sp³-hybridized carbons (Fsp3) is 0.594. The van der Waals surface area contributed by atoms with Gasteiger partial charge in [-0.05, 0) is 19.1 Å². The summed E-state index contributed by atoms with van der Waals surface area (Å²) >= 11 is 0. The molecule has 1 aromatic rings. The number of ether oxygens (including phenoxy) is 11. The van der Waals surface area contributed by atoms with Gasteiger partial charge in [0.05, 0.1) is 19.8 Å². The first-order valence-electron chi connectivity index (χ1n) is 17.2. The summed E-state index contributed by atoms with van der Waals surface area (Å²) in [5, 5.41) is 0. The third-order valence-corrected chi connectivity index (χ3v) is 8.13. The summed E-state index contributed by atoms with van der Waals surface area (Å²) < 4.78 is 290. The van der Waals surface area contributed by atoms with Gasteiger partial charge in [0.1, 0.15) is 17.4 Å². The second-order valence-corrected chi connectivity index (χ2v) is 12.9. The molecule has 0 radical (unpaired) electrons. The molecule has 0 bridgehead atoms. The van der Waals surface area contributed by atoms with Crippen LogP contribution >= 0.6 is 0 Å². The third kappa shape index (κ3) is 14.5. The van der Waals surface area contributed by atoms with Crippen molar-refractivity contribution < 1.29 is 165 Å². The number of rotatable bonds is 12. The predicted octanol–water partition coefficient (Wildman–Crippen LogP) is 4.18. The van der Waals surface area contributed by atoms with Gasteiger partial charge in [-0.3, -0.25) is 0 Å². The first kappa shape index (κ1) is 56.3. The maximum absolute atomic E-state index is 13.6. The Hall–Kier alpha value is -6.07. The van der Waals surface area contributed by atoms with Crippen molar-refractivity contribution in [3.63, 3.8) is 0 Å². The molecule has 0 aromatic heterocycles. The molecule has 3 rings (SSSR count). The zero-order valence-corrected chi connectivity index (χ0v) is 32.4. The number of carbonyl (C=O) groups is 7. The number of methoxy groups -OCH3 is 1. The van der Waals surface area contributed by atoms with Crippen LogP contribution in [0.3, 0.4) is 0 Å². The molecule has 2 aliphatic rings. The Kier molecular flexibility index (Phi) is 17.1. The first-order valence-corrected chi connectivity index (χ1v) is 17.2. The van der Waals surface area contributed by atoms with E-state index in [-0.39, 0.29) is 0 Å². The number of para-hydroxylation sites is 1. The standard InChI is InChI=1S/C32H22F18O18/c1-8-12(63-21(52)27(33,34)35)14(65-23(54)29(39,40)41)16(67-25(56)31(45,46)47)19(60-8)59-7-11-13(64-22(53)28(36,37)38)15(66-24(55)30(42,43)44)17(68-26(57)32(48,49)50)20(62-11)61-10-6-4-3-5-9(10)18(51)58-2/h3-6,8,11-17,19-20H,7H2,1-2H3/t8-,11?,12-,13+,14+,15-,16+,17-,19+,20+/m0/s1. The first-order chi connectivity index (χ1) is 30.8. The number of benzene rings is 1. The number of halogens is 18. The van der Waals surface area contributed by atoms with E-state index in [1.807, 2.05) is 0 Å². The molecule has 36 heteroatoms. The molecule has 384 valence electrons. The van der Waals surface area contributed by atoms with Crippen LogP contribution in [0.25, 0.3) is 0 Å². The summed E-state index contributed by atoms with van der Waals surface area (Å²) in [5.41, 5.74) is -0.833. The van der Waals surface area contributed by atoms with Crippen LogP contribution in [0.2, 0.25) is 0 Å². The van der Waals surface area contributed by atoms with E-state index in [0.717, 1.165) is 18.2 Å². The highest BCUT2D eigenvalue weighted by atomic mass is 19.4. The summed E-state index contributed by atoms with van der Waals surface area (Å²) in [6.07, 6.45) is -71.4. The van der Waals surface area contributed by atoms with Gasteiger partial charge < -0.3 is 52.1 Å². The van der Waals surface area contributed by atoms with Gasteiger partial charge in [0, 0.05) is 0 Å². The summed E-state index contributed by atoms with van der Waals surface area (Å²) in [4.78, 5) is 84.3. The van der Waals surface area contributed by atoms with Crippen molar-refractivity contribution >= 4 is 41.8 Å². The van der Waals surface area contributed by atoms with Gasteiger partial charge in [0.2, 0.25) is 12.4 Å². The van der Waals surface area contributed by atoms with Crippen LogP contribution in [0, 0.1) is 0 Å². The van der Waals surface area contributed by atoms with Crippen LogP contribution in [0.5, 0.6) is 5.75 Å². The highest BCUT2D eigenvalue weighted by molar-refractivity contribution is 5.92. The van der Waals surface area contributed by atoms with E-state index < -0.39 is 158 Å². The number of alkyl halides is 18. The summed E-state index contributed by atoms with van der Waals surface area (Å²) in [7, 11) is 0.689. The predicted molar refractivity (Wildman–Crippen MR) is 163 cm³/mol. The van der Waals surface area contributed by atoms with Crippen LogP contribution in [0.15, 0.2) is 24.3 Å². The van der Waals surface area contributed by atoms with Crippen molar-refractivity contribution in [2.45, 2.75) is 105 Å². The van der Waals surface area contributed by atoms with E-state index in [1.54, 1.807) is 0 Å². The normalized spacial score (nSPS) is 26.1. The van der Waals surface area contributed by atoms with E-state index in [0.29, 0.717) is 20.1 Å². The Morgan fingerprint density at radius 2 is 0.809 bits per heavy atom. The molecule has 10 atom stereocenters. The lowest BCUT2D eigenvalue weighted by atomic mass is 9.97. The number of carbonyl (C=O) groups excluding carboxylic acids is 7. The van der Waals surface area contributed by atoms with E-state index in [2.05, 4.69) is 33.2 Å². The van der Waals surface area contributed by atoms with E-state index >= 15 is 0 Å². The molecule has 18 nitrogen and oxygen atoms in total. The van der Waals surface area contributed by atoms with E-state index in [9.17, 15) is 113 Å². The quantitative estimate of drug-likeness (QED) is 0.163. The smallest absolute Gasteiger partial charge is 0.465 e. The van der Waals surface area contributed by atoms with Crippen LogP contribution < -0.4 is 4.74 Å². The third-order valence-electron chi connectivity index (χ3n) is 8.13. The average molecular weight is 1040 g/mol. The van der Waals surface area contributed by atoms with E-state index in [1.165, 1.54) is 0 Å². The zero-order valence-electron chi connectivity index (χ0n) is 32.4. The van der Waals surface area contributed by atoms with Gasteiger partial charge in [0.25, 0.3) is 0 Å². The number of hydrogen-bond donors (Lipinski definition) is 0. The SMILES string of the molecule is COC(=O)c1ccccc1O[C@@H]1OC(CO[C@@H]2O[C@@H](C)[C@H](OC(=O)C(F)(F)F)[C@@H](OC(=O)C(F)(F)F)[C@H]2OC(=O)C(F)(F)F)[C@@H](OC(=O)C(F)(F)F)[C@H](OC(=O)C(F)(F)F)[C@@H]1OC(=O)C(F)(F)F. The molecular formula is C32H22F18O18. The fourth-order valence-corrected chi connectivity index (χ4v) is 5.34. The molecule has 2 saturated heterocycles. The van der Waals surface area contributed by atoms with Crippen molar-refractivity contribution in [2.75, 3.05) is 13.7 Å². The van der Waals surface area contributed by atoms with Crippen molar-refractivity contribution in [1.29, 1.82) is 0 Å². The van der Waals surface area contributed by atoms with Gasteiger partial charge in [-0.2, -0.15) is 79.0 Å². The monoisotopic (exact) mass is 1040 g/mol. The molecule has 0 aliphatic carbocycles. The van der Waals surface area contributed by atoms with Gasteiger partial charge in [-0.15, -0.1) is 0 Å². The summed E-state index contributed by atoms with van der Waals surface area (Å²) in [6, 6.07) is 3.32. The average Bonchev–Trinajstić information content (AvgIpc) is 3.18. The largest absolute Gasteiger partial charge is 0.490 e. The van der Waals surface area contributed by atoms with E-state index in [4.69, 9.17) is 18.9 Å². The van der Waals surface area contributed by atoms with Gasteiger partial charge in [-0.1, -0.05) is 12.1 Å². The van der Waals surface area contributed by atoms with Crippen LogP contribution in [-0.4, -0.2) is 154 Å². The van der Waals surface area contributed by atoms with Crippen molar-refractivity contribution in [2.24, 2.45) is 0 Å². The molecule has 1 unspecified atom stereocenters. The lowest BCUT2D eigenvalue weighted by Gasteiger charge is -2.46. The molecule has 2 aliphatic heterocycles. The van der Waals surface area contributed by atoms with Crippen LogP contribution in [-0.2, 0) is 76.1 Å². The molecule has 2 heterocycles. The maximum atomic E-state index is 13.6. The fourth-order valence-electron chi connectivity index (χ4n) is 5.34. The Bertz CT molecular complexity index is 2030. The molecule has 0 N–H and O–H groups in total. The maximum Gasteiger partial charge on any atom is 0.490 e. The highest BCUT2D eigenvalue weighted by Gasteiger charge is 2.61. The molecule has 0 amide bonds. The molecule has 68 heavy (non-hydrogen) atoms. The molecule has 0 spiro atoms. The van der Waals surface area contributed by atoms with Gasteiger partial charge in [-0.25, -0.2) is 33.6 Å².